The van der Waals surface area contributed by atoms with E-state index in [-0.39, 0.29) is 5.75 Å². The Morgan fingerprint density at radius 2 is 2.30 bits per heavy atom. The largest absolute Gasteiger partial charge is 0.506 e. The molecule has 1 aromatic heterocycles. The lowest BCUT2D eigenvalue weighted by atomic mass is 10.0. The summed E-state index contributed by atoms with van der Waals surface area (Å²) in [6.07, 6.45) is 7.89. The van der Waals surface area contributed by atoms with E-state index < -0.39 is 0 Å². The molecule has 0 fully saturated rings. The van der Waals surface area contributed by atoms with Crippen LogP contribution < -0.4 is 0 Å². The second-order valence-corrected chi connectivity index (χ2v) is 4.75. The zero-order valence-corrected chi connectivity index (χ0v) is 11.1. The van der Waals surface area contributed by atoms with E-state index in [1.165, 1.54) is 0 Å². The fraction of sp³-hybridized carbons (Fsp3) is 0.267. The Morgan fingerprint density at radius 1 is 1.35 bits per heavy atom. The van der Waals surface area contributed by atoms with Crippen LogP contribution in [0.25, 0.3) is 0 Å². The van der Waals surface area contributed by atoms with Gasteiger partial charge in [-0.1, -0.05) is 12.1 Å². The first kappa shape index (κ1) is 12.6. The number of H-pyrrole nitrogens is 1. The number of phenolic OH excluding ortho intramolecular Hbond substituents is 1. The van der Waals surface area contributed by atoms with Gasteiger partial charge in [0.1, 0.15) is 11.4 Å². The van der Waals surface area contributed by atoms with E-state index in [1.807, 2.05) is 24.5 Å². The van der Waals surface area contributed by atoms with Crippen molar-refractivity contribution in [3.05, 3.63) is 42.0 Å². The quantitative estimate of drug-likeness (QED) is 0.836. The molecule has 0 atom stereocenters. The number of aromatic hydroxyl groups is 1. The summed E-state index contributed by atoms with van der Waals surface area (Å²) in [5.41, 5.74) is 3.78. The molecule has 1 aromatic carbocycles. The van der Waals surface area contributed by atoms with Crippen molar-refractivity contribution >= 4 is 17.6 Å². The number of hydrogen-bond donors (Lipinski definition) is 2. The molecule has 102 valence electrons. The number of imidazole rings is 1. The molecule has 20 heavy (non-hydrogen) atoms. The van der Waals surface area contributed by atoms with Gasteiger partial charge in [0.25, 0.3) is 0 Å². The maximum Gasteiger partial charge on any atom is 0.141 e. The molecule has 1 aliphatic heterocycles. The molecule has 0 radical (unpaired) electrons. The molecule has 0 spiro atoms. The Kier molecular flexibility index (Phi) is 3.58. The highest BCUT2D eigenvalue weighted by Crippen LogP contribution is 2.33. The molecule has 0 saturated carbocycles. The van der Waals surface area contributed by atoms with Gasteiger partial charge in [-0.15, -0.1) is 0 Å². The third-order valence-electron chi connectivity index (χ3n) is 3.31. The van der Waals surface area contributed by atoms with Crippen LogP contribution in [0.15, 0.2) is 40.7 Å². The molecular formula is C15H16N4O. The Balaban J connectivity index is 1.65. The smallest absolute Gasteiger partial charge is 0.141 e. The van der Waals surface area contributed by atoms with Crippen molar-refractivity contribution < 1.29 is 5.11 Å². The number of rotatable bonds is 4. The third kappa shape index (κ3) is 2.77. The summed E-state index contributed by atoms with van der Waals surface area (Å²) >= 11 is 0. The van der Waals surface area contributed by atoms with E-state index in [9.17, 15) is 5.11 Å². The van der Waals surface area contributed by atoms with Gasteiger partial charge in [-0.25, -0.2) is 9.98 Å². The molecular weight excluding hydrogens is 252 g/mol. The Morgan fingerprint density at radius 3 is 3.15 bits per heavy atom. The zero-order valence-electron chi connectivity index (χ0n) is 11.1. The second-order valence-electron chi connectivity index (χ2n) is 4.75. The minimum atomic E-state index is 0.241. The summed E-state index contributed by atoms with van der Waals surface area (Å²) in [6.45, 7) is 0.703. The summed E-state index contributed by atoms with van der Waals surface area (Å²) in [5.74, 6) is 0.241. The van der Waals surface area contributed by atoms with Crippen LogP contribution in [0.2, 0.25) is 0 Å². The number of nitrogens with one attached hydrogen (secondary N) is 1. The van der Waals surface area contributed by atoms with Gasteiger partial charge in [-0.05, 0) is 24.5 Å². The van der Waals surface area contributed by atoms with Gasteiger partial charge in [-0.3, -0.25) is 4.99 Å². The highest BCUT2D eigenvalue weighted by molar-refractivity contribution is 6.31. The fourth-order valence-corrected chi connectivity index (χ4v) is 2.24. The van der Waals surface area contributed by atoms with Crippen LogP contribution in [0.3, 0.4) is 0 Å². The van der Waals surface area contributed by atoms with Crippen molar-refractivity contribution in [2.45, 2.75) is 19.3 Å². The van der Waals surface area contributed by atoms with Crippen molar-refractivity contribution in [1.82, 2.24) is 9.97 Å². The van der Waals surface area contributed by atoms with E-state index >= 15 is 0 Å². The fourth-order valence-electron chi connectivity index (χ4n) is 2.24. The molecule has 1 aliphatic rings. The summed E-state index contributed by atoms with van der Waals surface area (Å²) in [6, 6.07) is 5.53. The van der Waals surface area contributed by atoms with Crippen molar-refractivity contribution in [2.24, 2.45) is 9.98 Å². The first-order chi connectivity index (χ1) is 9.83. The van der Waals surface area contributed by atoms with Crippen molar-refractivity contribution in [3.8, 4) is 5.75 Å². The van der Waals surface area contributed by atoms with Crippen LogP contribution in [0, 0.1) is 0 Å². The first-order valence-corrected chi connectivity index (χ1v) is 6.68. The summed E-state index contributed by atoms with van der Waals surface area (Å²) in [7, 11) is 0. The molecule has 0 unspecified atom stereocenters. The topological polar surface area (TPSA) is 73.6 Å². The van der Waals surface area contributed by atoms with Gasteiger partial charge in [0.2, 0.25) is 0 Å². The standard InChI is InChI=1S/C15H16N4O/c20-14-3-1-2-11-4-5-13(19-15(11)14)9-16-7-6-12-8-17-10-18-12/h1-3,8-10,20H,4-7H2,(H,17,18). The number of aromatic amines is 1. The average Bonchev–Trinajstić information content (AvgIpc) is 2.98. The number of hydrogen-bond acceptors (Lipinski definition) is 4. The number of fused-ring (bicyclic) bond motifs is 1. The Labute approximate surface area is 117 Å². The van der Waals surface area contributed by atoms with Crippen molar-refractivity contribution in [2.75, 3.05) is 6.54 Å². The number of aromatic nitrogens is 2. The second kappa shape index (κ2) is 5.69. The van der Waals surface area contributed by atoms with Crippen molar-refractivity contribution in [3.63, 3.8) is 0 Å². The maximum atomic E-state index is 9.81. The number of nitrogens with zero attached hydrogens (tertiary/aromatic N) is 3. The van der Waals surface area contributed by atoms with Gasteiger partial charge >= 0.3 is 0 Å². The lowest BCUT2D eigenvalue weighted by molar-refractivity contribution is 0.476. The summed E-state index contributed by atoms with van der Waals surface area (Å²) in [4.78, 5) is 15.9. The SMILES string of the molecule is Oc1cccc2c1N=C(C=NCCc1cnc[nH]1)CC2. The Hall–Kier alpha value is -2.43. The van der Waals surface area contributed by atoms with Crippen LogP contribution in [0.5, 0.6) is 5.75 Å². The molecule has 3 rings (SSSR count). The minimum Gasteiger partial charge on any atom is -0.506 e. The minimum absolute atomic E-state index is 0.241. The molecule has 5 heteroatoms. The first-order valence-electron chi connectivity index (χ1n) is 6.68. The Bertz CT molecular complexity index is 644. The molecule has 2 aromatic rings. The number of aryl methyl sites for hydroxylation is 1. The lowest BCUT2D eigenvalue weighted by Crippen LogP contribution is -2.07. The van der Waals surface area contributed by atoms with Gasteiger partial charge in [0.05, 0.1) is 12.0 Å². The van der Waals surface area contributed by atoms with Gasteiger partial charge in [0.15, 0.2) is 0 Å². The monoisotopic (exact) mass is 268 g/mol. The summed E-state index contributed by atoms with van der Waals surface area (Å²) < 4.78 is 0. The molecule has 5 nitrogen and oxygen atoms in total. The maximum absolute atomic E-state index is 9.81. The van der Waals surface area contributed by atoms with E-state index in [2.05, 4.69) is 20.0 Å². The van der Waals surface area contributed by atoms with E-state index in [0.717, 1.165) is 36.2 Å². The number of aliphatic imine (C=N–C) groups is 2. The average molecular weight is 268 g/mol. The number of phenols is 1. The highest BCUT2D eigenvalue weighted by Gasteiger charge is 2.13. The molecule has 0 saturated heterocycles. The molecule has 0 bridgehead atoms. The van der Waals surface area contributed by atoms with Gasteiger partial charge in [-0.2, -0.15) is 0 Å². The van der Waals surface area contributed by atoms with Gasteiger partial charge < -0.3 is 10.1 Å². The van der Waals surface area contributed by atoms with Crippen LogP contribution >= 0.6 is 0 Å². The predicted octanol–water partition coefficient (Wildman–Crippen LogP) is 2.45. The lowest BCUT2D eigenvalue weighted by Gasteiger charge is -2.13. The van der Waals surface area contributed by atoms with E-state index in [1.54, 1.807) is 12.4 Å². The highest BCUT2D eigenvalue weighted by atomic mass is 16.3. The zero-order chi connectivity index (χ0) is 13.8. The molecule has 0 amide bonds. The van der Waals surface area contributed by atoms with Crippen LogP contribution in [0.4, 0.5) is 5.69 Å². The van der Waals surface area contributed by atoms with Crippen LogP contribution in [0.1, 0.15) is 17.7 Å². The van der Waals surface area contributed by atoms with Crippen LogP contribution in [-0.4, -0.2) is 33.5 Å². The van der Waals surface area contributed by atoms with Gasteiger partial charge in [0, 0.05) is 31.1 Å². The normalized spacial score (nSPS) is 14.3. The molecule has 2 N–H and O–H groups in total. The number of benzene rings is 1. The van der Waals surface area contributed by atoms with E-state index in [0.29, 0.717) is 12.2 Å². The van der Waals surface area contributed by atoms with E-state index in [4.69, 9.17) is 0 Å². The number of para-hydroxylation sites is 1. The molecule has 2 heterocycles. The summed E-state index contributed by atoms with van der Waals surface area (Å²) in [5, 5.41) is 9.81. The predicted molar refractivity (Wildman–Crippen MR) is 79.2 cm³/mol. The van der Waals surface area contributed by atoms with Crippen LogP contribution in [-0.2, 0) is 12.8 Å². The molecule has 0 aliphatic carbocycles. The third-order valence-corrected chi connectivity index (χ3v) is 3.31. The van der Waals surface area contributed by atoms with Crippen molar-refractivity contribution in [1.29, 1.82) is 0 Å².